The number of nitrogens with zero attached hydrogens (tertiary/aromatic N) is 2. The van der Waals surface area contributed by atoms with Crippen molar-refractivity contribution >= 4 is 12.7 Å². The maximum absolute atomic E-state index is 11.5. The Balaban J connectivity index is 2.32. The maximum atomic E-state index is 11.5. The van der Waals surface area contributed by atoms with Crippen molar-refractivity contribution in [1.82, 2.24) is 9.55 Å². The van der Waals surface area contributed by atoms with Gasteiger partial charge in [0.25, 0.3) is 5.56 Å². The van der Waals surface area contributed by atoms with E-state index in [-0.39, 0.29) is 5.56 Å². The Morgan fingerprint density at radius 3 is 2.24 bits per heavy atom. The topological polar surface area (TPSA) is 53.4 Å². The summed E-state index contributed by atoms with van der Waals surface area (Å²) in [6, 6.07) is 1.45. The summed E-state index contributed by atoms with van der Waals surface area (Å²) < 4.78 is 13.0. The van der Waals surface area contributed by atoms with Gasteiger partial charge in [-0.1, -0.05) is 0 Å². The zero-order valence-corrected chi connectivity index (χ0v) is 10.9. The van der Waals surface area contributed by atoms with Gasteiger partial charge in [-0.15, -0.1) is 0 Å². The Hall–Kier alpha value is -1.14. The van der Waals surface area contributed by atoms with Crippen molar-refractivity contribution in [3.8, 4) is 0 Å². The predicted octanol–water partition coefficient (Wildman–Crippen LogP) is 0.0795. The molecule has 1 aliphatic heterocycles. The van der Waals surface area contributed by atoms with E-state index in [1.54, 1.807) is 7.05 Å². The van der Waals surface area contributed by atoms with E-state index in [4.69, 9.17) is 9.31 Å². The summed E-state index contributed by atoms with van der Waals surface area (Å²) in [5.41, 5.74) is -0.433. The summed E-state index contributed by atoms with van der Waals surface area (Å²) in [6.07, 6.45) is 1.47. The zero-order valence-electron chi connectivity index (χ0n) is 10.9. The van der Waals surface area contributed by atoms with Crippen molar-refractivity contribution < 1.29 is 9.31 Å². The molecule has 2 rings (SSSR count). The molecule has 1 aromatic heterocycles. The molecule has 0 N–H and O–H groups in total. The van der Waals surface area contributed by atoms with E-state index in [9.17, 15) is 4.79 Å². The van der Waals surface area contributed by atoms with Gasteiger partial charge in [-0.25, -0.2) is 4.98 Å². The second-order valence-corrected chi connectivity index (χ2v) is 5.35. The number of hydrogen-bond donors (Lipinski definition) is 0. The van der Waals surface area contributed by atoms with Crippen LogP contribution in [0.15, 0.2) is 17.2 Å². The van der Waals surface area contributed by atoms with E-state index >= 15 is 0 Å². The van der Waals surface area contributed by atoms with Crippen LogP contribution >= 0.6 is 0 Å². The van der Waals surface area contributed by atoms with Gasteiger partial charge in [0, 0.05) is 13.1 Å². The lowest BCUT2D eigenvalue weighted by atomic mass is 9.84. The van der Waals surface area contributed by atoms with Crippen molar-refractivity contribution in [3.05, 3.63) is 22.7 Å². The molecule has 1 aliphatic rings. The number of rotatable bonds is 1. The van der Waals surface area contributed by atoms with Gasteiger partial charge in [0.05, 0.1) is 23.1 Å². The molecule has 1 aromatic rings. The first kappa shape index (κ1) is 12.3. The average molecular weight is 236 g/mol. The molecule has 0 atom stereocenters. The standard InChI is InChI=1S/C11H17BN2O3/c1-10(2)11(3,4)17-12(16-10)8-6-9(15)14(5)7-13-8/h6-7H,1-5H3. The Morgan fingerprint density at radius 2 is 1.76 bits per heavy atom. The van der Waals surface area contributed by atoms with E-state index < -0.39 is 18.3 Å². The van der Waals surface area contributed by atoms with E-state index in [2.05, 4.69) is 4.98 Å². The van der Waals surface area contributed by atoms with Crippen LogP contribution in [0.3, 0.4) is 0 Å². The van der Waals surface area contributed by atoms with Gasteiger partial charge in [0.2, 0.25) is 0 Å². The van der Waals surface area contributed by atoms with Crippen LogP contribution in [0.1, 0.15) is 27.7 Å². The van der Waals surface area contributed by atoms with Gasteiger partial charge in [-0.2, -0.15) is 0 Å². The lowest BCUT2D eigenvalue weighted by Crippen LogP contribution is -2.41. The van der Waals surface area contributed by atoms with Gasteiger partial charge in [-0.05, 0) is 27.7 Å². The van der Waals surface area contributed by atoms with Crippen LogP contribution in [0.25, 0.3) is 0 Å². The summed E-state index contributed by atoms with van der Waals surface area (Å²) in [6.45, 7) is 7.87. The van der Waals surface area contributed by atoms with Crippen molar-refractivity contribution in [2.24, 2.45) is 7.05 Å². The van der Waals surface area contributed by atoms with Crippen LogP contribution in [-0.4, -0.2) is 27.9 Å². The van der Waals surface area contributed by atoms with Gasteiger partial charge in [0.1, 0.15) is 0 Å². The van der Waals surface area contributed by atoms with Crippen molar-refractivity contribution in [2.75, 3.05) is 0 Å². The van der Waals surface area contributed by atoms with Crippen molar-refractivity contribution in [3.63, 3.8) is 0 Å². The van der Waals surface area contributed by atoms with Crippen molar-refractivity contribution in [2.45, 2.75) is 38.9 Å². The first-order chi connectivity index (χ1) is 7.73. The predicted molar refractivity (Wildman–Crippen MR) is 65.2 cm³/mol. The fourth-order valence-electron chi connectivity index (χ4n) is 1.57. The SMILES string of the molecule is Cn1cnc(B2OC(C)(C)C(C)(C)O2)cc1=O. The van der Waals surface area contributed by atoms with Crippen LogP contribution in [0, 0.1) is 0 Å². The fourth-order valence-corrected chi connectivity index (χ4v) is 1.57. The quantitative estimate of drug-likeness (QED) is 0.648. The normalized spacial score (nSPS) is 21.8. The molecule has 2 heterocycles. The molecule has 17 heavy (non-hydrogen) atoms. The molecule has 0 spiro atoms. The van der Waals surface area contributed by atoms with Gasteiger partial charge >= 0.3 is 7.12 Å². The molecule has 1 saturated heterocycles. The van der Waals surface area contributed by atoms with Gasteiger partial charge in [0.15, 0.2) is 0 Å². The highest BCUT2D eigenvalue weighted by Gasteiger charge is 2.52. The molecule has 0 saturated carbocycles. The summed E-state index contributed by atoms with van der Waals surface area (Å²) in [7, 11) is 1.08. The maximum Gasteiger partial charge on any atom is 0.514 e. The lowest BCUT2D eigenvalue weighted by molar-refractivity contribution is 0.00578. The first-order valence-corrected chi connectivity index (χ1v) is 5.61. The molecule has 0 unspecified atom stereocenters. The average Bonchev–Trinajstić information content (AvgIpc) is 2.41. The molecule has 0 radical (unpaired) electrons. The molecule has 6 heteroatoms. The molecular formula is C11H17BN2O3. The smallest absolute Gasteiger partial charge is 0.398 e. The largest absolute Gasteiger partial charge is 0.514 e. The Morgan fingerprint density at radius 1 is 1.24 bits per heavy atom. The monoisotopic (exact) mass is 236 g/mol. The first-order valence-electron chi connectivity index (χ1n) is 5.61. The molecule has 0 aromatic carbocycles. The van der Waals surface area contributed by atoms with E-state index in [1.807, 2.05) is 27.7 Å². The van der Waals surface area contributed by atoms with Crippen LogP contribution in [0.4, 0.5) is 0 Å². The molecule has 0 amide bonds. The summed E-state index contributed by atoms with van der Waals surface area (Å²) >= 11 is 0. The molecule has 92 valence electrons. The highest BCUT2D eigenvalue weighted by molar-refractivity contribution is 6.61. The fraction of sp³-hybridized carbons (Fsp3) is 0.636. The third-order valence-corrected chi connectivity index (χ3v) is 3.49. The Kier molecular flexibility index (Phi) is 2.67. The number of hydrogen-bond acceptors (Lipinski definition) is 4. The van der Waals surface area contributed by atoms with E-state index in [0.29, 0.717) is 5.59 Å². The highest BCUT2D eigenvalue weighted by atomic mass is 16.7. The van der Waals surface area contributed by atoms with Crippen LogP contribution < -0.4 is 11.2 Å². The molecule has 1 fully saturated rings. The van der Waals surface area contributed by atoms with E-state index in [0.717, 1.165) is 0 Å². The van der Waals surface area contributed by atoms with Gasteiger partial charge in [-0.3, -0.25) is 4.79 Å². The minimum atomic E-state index is -0.575. The minimum absolute atomic E-state index is 0.121. The van der Waals surface area contributed by atoms with Crippen LogP contribution in [-0.2, 0) is 16.4 Å². The zero-order chi connectivity index (χ0) is 12.8. The third kappa shape index (κ3) is 2.02. The summed E-state index contributed by atoms with van der Waals surface area (Å²) in [4.78, 5) is 15.7. The lowest BCUT2D eigenvalue weighted by Gasteiger charge is -2.32. The Bertz CT molecular complexity index is 480. The third-order valence-electron chi connectivity index (χ3n) is 3.49. The Labute approximate surface area is 101 Å². The van der Waals surface area contributed by atoms with Crippen LogP contribution in [0.5, 0.6) is 0 Å². The summed E-state index contributed by atoms with van der Waals surface area (Å²) in [5.74, 6) is 0. The number of aromatic nitrogens is 2. The van der Waals surface area contributed by atoms with Crippen LogP contribution in [0.2, 0.25) is 0 Å². The molecule has 0 aliphatic carbocycles. The molecule has 0 bridgehead atoms. The summed E-state index contributed by atoms with van der Waals surface area (Å²) in [5, 5.41) is 0. The minimum Gasteiger partial charge on any atom is -0.398 e. The van der Waals surface area contributed by atoms with Crippen molar-refractivity contribution in [1.29, 1.82) is 0 Å². The molecule has 5 nitrogen and oxygen atoms in total. The molecular weight excluding hydrogens is 219 g/mol. The highest BCUT2D eigenvalue weighted by Crippen LogP contribution is 2.36. The van der Waals surface area contributed by atoms with E-state index in [1.165, 1.54) is 17.0 Å². The second-order valence-electron chi connectivity index (χ2n) is 5.35. The number of aryl methyl sites for hydroxylation is 1. The van der Waals surface area contributed by atoms with Gasteiger partial charge < -0.3 is 13.9 Å². The second kappa shape index (κ2) is 3.68.